The molecule has 1 atom stereocenters. The average Bonchev–Trinajstić information content (AvgIpc) is 2.65. The molecule has 1 heterocycles. The summed E-state index contributed by atoms with van der Waals surface area (Å²) >= 11 is 0. The van der Waals surface area contributed by atoms with Crippen LogP contribution in [-0.2, 0) is 0 Å². The second-order valence-corrected chi connectivity index (χ2v) is 4.02. The highest BCUT2D eigenvalue weighted by atomic mass is 19.3. The Hall–Kier alpha value is -2.42. The van der Waals surface area contributed by atoms with Crippen LogP contribution >= 0.6 is 0 Å². The summed E-state index contributed by atoms with van der Waals surface area (Å²) in [5.74, 6) is 2.46. The molecule has 19 heavy (non-hydrogen) atoms. The van der Waals surface area contributed by atoms with E-state index in [1.807, 2.05) is 0 Å². The largest absolute Gasteiger partial charge is 0.385 e. The number of urea groups is 1. The number of benzene rings is 1. The maximum absolute atomic E-state index is 12.5. The number of aliphatic imine (C=N–C) groups is 1. The summed E-state index contributed by atoms with van der Waals surface area (Å²) in [6.07, 6.45) is 2.65. The van der Waals surface area contributed by atoms with Crippen molar-refractivity contribution in [2.75, 3.05) is 6.54 Å². The fourth-order valence-corrected chi connectivity index (χ4v) is 1.94. The van der Waals surface area contributed by atoms with Gasteiger partial charge in [-0.1, -0.05) is 30.2 Å². The predicted octanol–water partition coefficient (Wildman–Crippen LogP) is 2.09. The Morgan fingerprint density at radius 2 is 2.05 bits per heavy atom. The lowest BCUT2D eigenvalue weighted by atomic mass is 10.0. The quantitative estimate of drug-likeness (QED) is 0.849. The lowest BCUT2D eigenvalue weighted by Gasteiger charge is -2.22. The van der Waals surface area contributed by atoms with Crippen molar-refractivity contribution in [3.05, 3.63) is 35.4 Å². The molecule has 1 aliphatic rings. The summed E-state index contributed by atoms with van der Waals surface area (Å²) in [6, 6.07) is 4.48. The summed E-state index contributed by atoms with van der Waals surface area (Å²) in [4.78, 5) is 16.5. The van der Waals surface area contributed by atoms with Crippen molar-refractivity contribution in [1.29, 1.82) is 0 Å². The monoisotopic (exact) mass is 263 g/mol. The molecular formula is C13H11F2N3O. The number of amides is 2. The molecule has 0 aliphatic carbocycles. The zero-order chi connectivity index (χ0) is 14.0. The van der Waals surface area contributed by atoms with Gasteiger partial charge in [-0.25, -0.2) is 13.6 Å². The van der Waals surface area contributed by atoms with Crippen LogP contribution in [0, 0.1) is 12.3 Å². The van der Waals surface area contributed by atoms with Gasteiger partial charge in [-0.3, -0.25) is 4.90 Å². The van der Waals surface area contributed by atoms with Gasteiger partial charge < -0.3 is 5.73 Å². The number of terminal acetylenes is 1. The average molecular weight is 263 g/mol. The van der Waals surface area contributed by atoms with Gasteiger partial charge in [-0.15, -0.1) is 6.42 Å². The highest BCUT2D eigenvalue weighted by Crippen LogP contribution is 2.28. The topological polar surface area (TPSA) is 58.7 Å². The highest BCUT2D eigenvalue weighted by Gasteiger charge is 2.33. The van der Waals surface area contributed by atoms with Crippen LogP contribution < -0.4 is 5.73 Å². The Bertz CT molecular complexity index is 560. The number of nitrogens with zero attached hydrogens (tertiary/aromatic N) is 2. The number of carbonyl (C=O) groups is 1. The van der Waals surface area contributed by atoms with Crippen LogP contribution in [0.25, 0.3) is 0 Å². The minimum Gasteiger partial charge on any atom is -0.385 e. The third kappa shape index (κ3) is 2.40. The van der Waals surface area contributed by atoms with E-state index in [2.05, 4.69) is 10.9 Å². The van der Waals surface area contributed by atoms with Gasteiger partial charge in [0, 0.05) is 5.56 Å². The Morgan fingerprint density at radius 3 is 2.58 bits per heavy atom. The zero-order valence-electron chi connectivity index (χ0n) is 9.88. The zero-order valence-corrected chi connectivity index (χ0v) is 9.88. The summed E-state index contributed by atoms with van der Waals surface area (Å²) in [5.41, 5.74) is 6.20. The van der Waals surface area contributed by atoms with Crippen LogP contribution in [0.5, 0.6) is 0 Å². The van der Waals surface area contributed by atoms with Gasteiger partial charge in [-0.2, -0.15) is 4.99 Å². The molecule has 1 aromatic rings. The molecule has 0 aromatic heterocycles. The number of halogens is 2. The normalized spacial score (nSPS) is 18.6. The first-order valence-corrected chi connectivity index (χ1v) is 5.50. The predicted molar refractivity (Wildman–Crippen MR) is 66.7 cm³/mol. The van der Waals surface area contributed by atoms with E-state index in [1.165, 1.54) is 29.2 Å². The van der Waals surface area contributed by atoms with Crippen molar-refractivity contribution in [2.45, 2.75) is 12.5 Å². The molecule has 0 radical (unpaired) electrons. The number of amidine groups is 1. The molecule has 0 spiro atoms. The van der Waals surface area contributed by atoms with E-state index in [0.717, 1.165) is 0 Å². The van der Waals surface area contributed by atoms with Gasteiger partial charge >= 0.3 is 6.03 Å². The Labute approximate surface area is 108 Å². The Morgan fingerprint density at radius 1 is 1.42 bits per heavy atom. The van der Waals surface area contributed by atoms with Gasteiger partial charge in [0.15, 0.2) is 0 Å². The second kappa shape index (κ2) is 5.06. The van der Waals surface area contributed by atoms with Gasteiger partial charge in [0.1, 0.15) is 11.9 Å². The van der Waals surface area contributed by atoms with Crippen molar-refractivity contribution >= 4 is 11.9 Å². The fraction of sp³-hybridized carbons (Fsp3) is 0.231. The summed E-state index contributed by atoms with van der Waals surface area (Å²) < 4.78 is 24.9. The van der Waals surface area contributed by atoms with Crippen LogP contribution in [0.1, 0.15) is 23.6 Å². The first kappa shape index (κ1) is 13.0. The molecule has 2 N–H and O–H groups in total. The molecule has 0 fully saturated rings. The summed E-state index contributed by atoms with van der Waals surface area (Å²) in [6.45, 7) is 0.0598. The number of nitrogens with two attached hydrogens (primary N) is 1. The van der Waals surface area contributed by atoms with Crippen LogP contribution in [-0.4, -0.2) is 23.3 Å². The maximum Gasteiger partial charge on any atom is 0.346 e. The summed E-state index contributed by atoms with van der Waals surface area (Å²) in [5, 5.41) is 0. The van der Waals surface area contributed by atoms with Crippen molar-refractivity contribution < 1.29 is 13.6 Å². The molecule has 6 heteroatoms. The van der Waals surface area contributed by atoms with Gasteiger partial charge in [-0.05, 0) is 5.56 Å². The van der Waals surface area contributed by atoms with E-state index in [-0.39, 0.29) is 17.9 Å². The molecule has 2 amide bonds. The van der Waals surface area contributed by atoms with Gasteiger partial charge in [0.05, 0.1) is 6.54 Å². The Balaban J connectivity index is 2.31. The maximum atomic E-state index is 12.5. The van der Waals surface area contributed by atoms with E-state index in [0.29, 0.717) is 5.56 Å². The molecule has 1 aliphatic heterocycles. The lowest BCUT2D eigenvalue weighted by molar-refractivity contribution is 0.151. The number of hydrogen-bond acceptors (Lipinski definition) is 2. The van der Waals surface area contributed by atoms with Crippen molar-refractivity contribution in [3.8, 4) is 12.3 Å². The molecular weight excluding hydrogens is 252 g/mol. The number of rotatable bonds is 3. The fourth-order valence-electron chi connectivity index (χ4n) is 1.94. The summed E-state index contributed by atoms with van der Waals surface area (Å²) in [7, 11) is 0. The first-order valence-electron chi connectivity index (χ1n) is 5.50. The number of carbonyl (C=O) groups excluding carboxylic acids is 1. The van der Waals surface area contributed by atoms with Crippen LogP contribution in [0.15, 0.2) is 29.3 Å². The highest BCUT2D eigenvalue weighted by molar-refractivity contribution is 6.03. The van der Waals surface area contributed by atoms with Crippen molar-refractivity contribution in [2.24, 2.45) is 10.7 Å². The smallest absolute Gasteiger partial charge is 0.346 e. The minimum atomic E-state index is -2.54. The van der Waals surface area contributed by atoms with Crippen molar-refractivity contribution in [3.63, 3.8) is 0 Å². The molecule has 98 valence electrons. The van der Waals surface area contributed by atoms with Gasteiger partial charge in [0.25, 0.3) is 6.43 Å². The van der Waals surface area contributed by atoms with Crippen LogP contribution in [0.3, 0.4) is 0 Å². The van der Waals surface area contributed by atoms with E-state index in [9.17, 15) is 13.6 Å². The Kier molecular flexibility index (Phi) is 3.47. The van der Waals surface area contributed by atoms with E-state index in [4.69, 9.17) is 12.2 Å². The van der Waals surface area contributed by atoms with Crippen molar-refractivity contribution in [1.82, 2.24) is 4.90 Å². The number of alkyl halides is 2. The molecule has 0 bridgehead atoms. The van der Waals surface area contributed by atoms with E-state index < -0.39 is 18.5 Å². The molecule has 4 nitrogen and oxygen atoms in total. The molecule has 1 aromatic carbocycles. The first-order chi connectivity index (χ1) is 9.04. The lowest BCUT2D eigenvalue weighted by Crippen LogP contribution is -2.33. The third-order valence-electron chi connectivity index (χ3n) is 2.83. The van der Waals surface area contributed by atoms with E-state index in [1.54, 1.807) is 0 Å². The minimum absolute atomic E-state index is 0.0598. The van der Waals surface area contributed by atoms with Gasteiger partial charge in [0.2, 0.25) is 0 Å². The molecule has 1 unspecified atom stereocenters. The van der Waals surface area contributed by atoms with Crippen LogP contribution in [0.2, 0.25) is 0 Å². The molecule has 0 saturated carbocycles. The standard InChI is InChI=1S/C13H11F2N3O/c1-2-7-18-10(12(16)17-13(18)19)8-3-5-9(6-4-8)11(14)15/h1,3-6,10-11H,7H2,(H2,16,17,19). The third-order valence-corrected chi connectivity index (χ3v) is 2.83. The van der Waals surface area contributed by atoms with Crippen LogP contribution in [0.4, 0.5) is 13.6 Å². The molecule has 0 saturated heterocycles. The number of hydrogen-bond donors (Lipinski definition) is 1. The molecule has 2 rings (SSSR count). The second-order valence-electron chi connectivity index (χ2n) is 4.02. The SMILES string of the molecule is C#CCN1C(=O)N=C(N)C1c1ccc(C(F)F)cc1. The van der Waals surface area contributed by atoms with E-state index >= 15 is 0 Å².